The second-order valence-electron chi connectivity index (χ2n) is 7.08. The van der Waals surface area contributed by atoms with Crippen LogP contribution in [0.2, 0.25) is 5.02 Å². The number of anilines is 1. The summed E-state index contributed by atoms with van der Waals surface area (Å²) in [7, 11) is 0. The number of nitrogens with zero attached hydrogens (tertiary/aromatic N) is 1. The van der Waals surface area contributed by atoms with Gasteiger partial charge in [0, 0.05) is 6.42 Å². The monoisotopic (exact) mass is 464 g/mol. The minimum absolute atomic E-state index is 0.145. The minimum atomic E-state index is -0.532. The maximum atomic E-state index is 13.2. The van der Waals surface area contributed by atoms with Crippen LogP contribution < -0.4 is 15.0 Å². The molecule has 10 heteroatoms. The van der Waals surface area contributed by atoms with Gasteiger partial charge in [0.1, 0.15) is 17.7 Å². The zero-order chi connectivity index (χ0) is 22.0. The van der Waals surface area contributed by atoms with E-state index >= 15 is 0 Å². The molecule has 2 unspecified atom stereocenters. The Morgan fingerprint density at radius 2 is 1.97 bits per heavy atom. The van der Waals surface area contributed by atoms with Crippen molar-refractivity contribution in [1.29, 1.82) is 0 Å². The molecule has 31 heavy (non-hydrogen) atoms. The van der Waals surface area contributed by atoms with E-state index in [1.807, 2.05) is 12.1 Å². The summed E-state index contributed by atoms with van der Waals surface area (Å²) in [6, 6.07) is 11.1. The number of nitrogens with one attached hydrogen (secondary N) is 1. The highest BCUT2D eigenvalue weighted by atomic mass is 35.5. The number of amides is 3. The molecular weight excluding hydrogens is 447 g/mol. The van der Waals surface area contributed by atoms with Crippen LogP contribution in [0.1, 0.15) is 12.0 Å². The molecule has 2 aliphatic rings. The van der Waals surface area contributed by atoms with Crippen LogP contribution in [0.25, 0.3) is 0 Å². The van der Waals surface area contributed by atoms with E-state index in [9.17, 15) is 18.8 Å². The molecule has 7 nitrogen and oxygen atoms in total. The first-order valence-electron chi connectivity index (χ1n) is 9.55. The van der Waals surface area contributed by atoms with Crippen molar-refractivity contribution in [3.63, 3.8) is 0 Å². The van der Waals surface area contributed by atoms with Gasteiger partial charge in [-0.25, -0.2) is 9.18 Å². The summed E-state index contributed by atoms with van der Waals surface area (Å²) >= 11 is 7.03. The normalized spacial score (nSPS) is 20.7. The van der Waals surface area contributed by atoms with E-state index in [-0.39, 0.29) is 22.3 Å². The van der Waals surface area contributed by atoms with Gasteiger partial charge in [-0.1, -0.05) is 35.5 Å². The van der Waals surface area contributed by atoms with Crippen LogP contribution in [0.3, 0.4) is 0 Å². The number of hydrogen-bond donors (Lipinski definition) is 1. The van der Waals surface area contributed by atoms with E-state index in [4.69, 9.17) is 21.1 Å². The Morgan fingerprint density at radius 3 is 2.65 bits per heavy atom. The quantitative estimate of drug-likeness (QED) is 0.662. The minimum Gasteiger partial charge on any atom is -0.493 e. The van der Waals surface area contributed by atoms with E-state index < -0.39 is 17.2 Å². The number of imide groups is 1. The molecule has 3 amide bonds. The zero-order valence-electron chi connectivity index (χ0n) is 16.2. The van der Waals surface area contributed by atoms with Crippen molar-refractivity contribution >= 4 is 46.3 Å². The molecule has 4 rings (SSSR count). The summed E-state index contributed by atoms with van der Waals surface area (Å²) in [6.07, 6.45) is 0.0325. The van der Waals surface area contributed by atoms with Gasteiger partial charge in [-0.15, -0.1) is 0 Å². The van der Waals surface area contributed by atoms with Gasteiger partial charge in [0.15, 0.2) is 0 Å². The van der Waals surface area contributed by atoms with Gasteiger partial charge in [-0.2, -0.15) is 0 Å². The maximum absolute atomic E-state index is 13.2. The van der Waals surface area contributed by atoms with Crippen molar-refractivity contribution in [1.82, 2.24) is 5.32 Å². The average molecular weight is 465 g/mol. The average Bonchev–Trinajstić information content (AvgIpc) is 3.24. The zero-order valence-corrected chi connectivity index (χ0v) is 17.7. The van der Waals surface area contributed by atoms with Gasteiger partial charge >= 0.3 is 6.09 Å². The van der Waals surface area contributed by atoms with Crippen molar-refractivity contribution in [3.05, 3.63) is 58.9 Å². The fourth-order valence-corrected chi connectivity index (χ4v) is 4.47. The molecule has 0 aromatic heterocycles. The van der Waals surface area contributed by atoms with Gasteiger partial charge < -0.3 is 9.47 Å². The van der Waals surface area contributed by atoms with Crippen LogP contribution in [0, 0.1) is 5.82 Å². The van der Waals surface area contributed by atoms with E-state index in [1.54, 1.807) is 12.1 Å². The largest absolute Gasteiger partial charge is 0.493 e. The Balaban J connectivity index is 1.25. The smallest absolute Gasteiger partial charge is 0.414 e. The molecule has 0 bridgehead atoms. The number of benzene rings is 2. The number of carbonyl (C=O) groups excluding carboxylic acids is 3. The van der Waals surface area contributed by atoms with Gasteiger partial charge in [0.05, 0.1) is 29.1 Å². The molecule has 162 valence electrons. The lowest BCUT2D eigenvalue weighted by Crippen LogP contribution is -2.25. The number of ether oxygens (including phenoxy) is 2. The van der Waals surface area contributed by atoms with Crippen LogP contribution in [-0.4, -0.2) is 41.7 Å². The molecule has 2 fully saturated rings. The predicted octanol–water partition coefficient (Wildman–Crippen LogP) is 4.17. The number of rotatable bonds is 7. The first-order valence-corrected chi connectivity index (χ1v) is 10.8. The number of carbonyl (C=O) groups is 3. The molecule has 0 radical (unpaired) electrons. The number of halogens is 2. The van der Waals surface area contributed by atoms with Crippen LogP contribution in [-0.2, 0) is 16.0 Å². The number of thioether (sulfide) groups is 1. The number of cyclic esters (lactones) is 1. The lowest BCUT2D eigenvalue weighted by molar-refractivity contribution is -0.118. The lowest BCUT2D eigenvalue weighted by Gasteiger charge is -2.14. The van der Waals surface area contributed by atoms with E-state index in [2.05, 4.69) is 5.32 Å². The summed E-state index contributed by atoms with van der Waals surface area (Å²) in [5.74, 6) is -0.0976. The van der Waals surface area contributed by atoms with Crippen LogP contribution in [0.5, 0.6) is 5.75 Å². The van der Waals surface area contributed by atoms with Crippen LogP contribution in [0.4, 0.5) is 19.7 Å². The van der Waals surface area contributed by atoms with Crippen LogP contribution >= 0.6 is 23.4 Å². The Labute approximate surface area is 186 Å². The highest BCUT2D eigenvalue weighted by Gasteiger charge is 2.33. The Bertz CT molecular complexity index is 1020. The van der Waals surface area contributed by atoms with E-state index in [1.165, 1.54) is 17.0 Å². The molecular formula is C21H18ClFN2O5S. The second-order valence-corrected chi connectivity index (χ2v) is 8.66. The third-order valence-corrected chi connectivity index (χ3v) is 6.18. The van der Waals surface area contributed by atoms with Gasteiger partial charge in [0.2, 0.25) is 5.91 Å². The second kappa shape index (κ2) is 9.15. The summed E-state index contributed by atoms with van der Waals surface area (Å²) < 4.78 is 24.3. The summed E-state index contributed by atoms with van der Waals surface area (Å²) in [4.78, 5) is 36.4. The fraction of sp³-hybridized carbons (Fsp3) is 0.286. The van der Waals surface area contributed by atoms with E-state index in [0.29, 0.717) is 37.4 Å². The summed E-state index contributed by atoms with van der Waals surface area (Å²) in [5, 5.41) is 1.69. The van der Waals surface area contributed by atoms with Gasteiger partial charge in [-0.3, -0.25) is 19.8 Å². The van der Waals surface area contributed by atoms with Crippen molar-refractivity contribution in [3.8, 4) is 5.75 Å². The fourth-order valence-electron chi connectivity index (χ4n) is 3.34. The van der Waals surface area contributed by atoms with E-state index in [0.717, 1.165) is 23.4 Å². The standard InChI is InChI=1S/C21H18ClFN2O5S/c22-16-10-13(23)3-6-17(16)25-11-15(30-21(25)28)7-8-29-14-4-1-12(2-5-14)9-18-19(26)24-20(27)31-18/h1-6,10,15,18H,7-9,11H2,(H,24,26,27). The summed E-state index contributed by atoms with van der Waals surface area (Å²) in [6.45, 7) is 0.629. The van der Waals surface area contributed by atoms with Crippen molar-refractivity contribution in [2.24, 2.45) is 0 Å². The Hall–Kier alpha value is -2.78. The molecule has 0 spiro atoms. The highest BCUT2D eigenvalue weighted by Crippen LogP contribution is 2.30. The molecule has 2 heterocycles. The molecule has 2 aromatic carbocycles. The van der Waals surface area contributed by atoms with Gasteiger partial charge in [-0.05, 0) is 42.3 Å². The molecule has 0 aliphatic carbocycles. The lowest BCUT2D eigenvalue weighted by atomic mass is 10.1. The number of hydrogen-bond acceptors (Lipinski definition) is 6. The van der Waals surface area contributed by atoms with Crippen molar-refractivity contribution in [2.45, 2.75) is 24.2 Å². The van der Waals surface area contributed by atoms with Gasteiger partial charge in [0.25, 0.3) is 5.24 Å². The van der Waals surface area contributed by atoms with Crippen molar-refractivity contribution < 1.29 is 28.2 Å². The Kier molecular flexibility index (Phi) is 6.33. The maximum Gasteiger partial charge on any atom is 0.414 e. The molecule has 2 saturated heterocycles. The topological polar surface area (TPSA) is 84.9 Å². The predicted molar refractivity (Wildman–Crippen MR) is 114 cm³/mol. The van der Waals surface area contributed by atoms with Crippen molar-refractivity contribution in [2.75, 3.05) is 18.1 Å². The highest BCUT2D eigenvalue weighted by molar-refractivity contribution is 8.15. The molecule has 2 aliphatic heterocycles. The third kappa shape index (κ3) is 5.11. The first kappa shape index (κ1) is 21.5. The molecule has 0 saturated carbocycles. The van der Waals surface area contributed by atoms with Crippen LogP contribution in [0.15, 0.2) is 42.5 Å². The third-order valence-electron chi connectivity index (χ3n) is 4.89. The molecule has 1 N–H and O–H groups in total. The first-order chi connectivity index (χ1) is 14.9. The molecule has 2 aromatic rings. The molecule has 2 atom stereocenters. The summed E-state index contributed by atoms with van der Waals surface area (Å²) in [5.41, 5.74) is 1.33. The SMILES string of the molecule is O=C1NC(=O)C(Cc2ccc(OCCC3CN(c4ccc(F)cc4Cl)C(=O)O3)cc2)S1. The Morgan fingerprint density at radius 1 is 1.19 bits per heavy atom.